The Morgan fingerprint density at radius 1 is 1.44 bits per heavy atom. The standard InChI is InChI=1S/C12H10N4O2/c1-8-2-3-9(5-12(17)18)4-11(8)16-15-10(6-13)7-14/h2-4,16H,5H2,1H3,(H,17,18). The van der Waals surface area contributed by atoms with Crippen LogP contribution in [-0.4, -0.2) is 16.8 Å². The average molecular weight is 242 g/mol. The lowest BCUT2D eigenvalue weighted by molar-refractivity contribution is -0.136. The molecule has 1 aromatic rings. The number of hydrogen-bond donors (Lipinski definition) is 2. The first-order chi connectivity index (χ1) is 8.56. The van der Waals surface area contributed by atoms with Crippen LogP contribution in [0.15, 0.2) is 23.3 Å². The van der Waals surface area contributed by atoms with Gasteiger partial charge in [-0.25, -0.2) is 0 Å². The molecule has 2 N–H and O–H groups in total. The molecule has 0 aromatic heterocycles. The minimum atomic E-state index is -0.928. The highest BCUT2D eigenvalue weighted by Crippen LogP contribution is 2.17. The largest absolute Gasteiger partial charge is 0.481 e. The van der Waals surface area contributed by atoms with Crippen molar-refractivity contribution in [1.82, 2.24) is 0 Å². The Morgan fingerprint density at radius 2 is 2.11 bits per heavy atom. The van der Waals surface area contributed by atoms with Crippen molar-refractivity contribution in [2.45, 2.75) is 13.3 Å². The van der Waals surface area contributed by atoms with Crippen molar-refractivity contribution >= 4 is 17.4 Å². The topological polar surface area (TPSA) is 109 Å². The molecular formula is C12H10N4O2. The molecule has 0 unspecified atom stereocenters. The molecule has 0 atom stereocenters. The predicted molar refractivity (Wildman–Crippen MR) is 64.8 cm³/mol. The normalized spacial score (nSPS) is 8.83. The highest BCUT2D eigenvalue weighted by atomic mass is 16.4. The van der Waals surface area contributed by atoms with Gasteiger partial charge in [0.1, 0.15) is 12.1 Å². The van der Waals surface area contributed by atoms with E-state index in [4.69, 9.17) is 15.6 Å². The summed E-state index contributed by atoms with van der Waals surface area (Å²) in [5.74, 6) is -0.928. The fourth-order valence-corrected chi connectivity index (χ4v) is 1.27. The van der Waals surface area contributed by atoms with Crippen LogP contribution >= 0.6 is 0 Å². The second-order valence-electron chi connectivity index (χ2n) is 3.52. The van der Waals surface area contributed by atoms with Crippen LogP contribution < -0.4 is 5.43 Å². The number of nitrogens with one attached hydrogen (secondary N) is 1. The first-order valence-corrected chi connectivity index (χ1v) is 5.02. The van der Waals surface area contributed by atoms with E-state index in [-0.39, 0.29) is 12.1 Å². The fourth-order valence-electron chi connectivity index (χ4n) is 1.27. The number of aliphatic carboxylic acids is 1. The lowest BCUT2D eigenvalue weighted by Crippen LogP contribution is -2.02. The van der Waals surface area contributed by atoms with Crippen LogP contribution in [0.5, 0.6) is 0 Å². The number of aryl methyl sites for hydroxylation is 1. The smallest absolute Gasteiger partial charge is 0.307 e. The van der Waals surface area contributed by atoms with Crippen LogP contribution in [-0.2, 0) is 11.2 Å². The summed E-state index contributed by atoms with van der Waals surface area (Å²) < 4.78 is 0. The fraction of sp³-hybridized carbons (Fsp3) is 0.167. The number of carbonyl (C=O) groups is 1. The summed E-state index contributed by atoms with van der Waals surface area (Å²) in [6.07, 6.45) is -0.0952. The van der Waals surface area contributed by atoms with Gasteiger partial charge < -0.3 is 5.11 Å². The maximum absolute atomic E-state index is 10.6. The van der Waals surface area contributed by atoms with E-state index in [1.54, 1.807) is 37.3 Å². The van der Waals surface area contributed by atoms with E-state index >= 15 is 0 Å². The minimum Gasteiger partial charge on any atom is -0.481 e. The number of nitriles is 2. The molecule has 0 radical (unpaired) electrons. The Hall–Kier alpha value is -2.86. The van der Waals surface area contributed by atoms with E-state index in [0.29, 0.717) is 11.3 Å². The van der Waals surface area contributed by atoms with Gasteiger partial charge in [0, 0.05) is 0 Å². The van der Waals surface area contributed by atoms with Crippen LogP contribution in [0.4, 0.5) is 5.69 Å². The molecule has 0 aliphatic heterocycles. The molecule has 18 heavy (non-hydrogen) atoms. The molecule has 0 aliphatic carbocycles. The van der Waals surface area contributed by atoms with E-state index in [1.165, 1.54) is 0 Å². The maximum Gasteiger partial charge on any atom is 0.307 e. The number of anilines is 1. The zero-order chi connectivity index (χ0) is 13.5. The number of rotatable bonds is 4. The van der Waals surface area contributed by atoms with Gasteiger partial charge >= 0.3 is 5.97 Å². The van der Waals surface area contributed by atoms with Gasteiger partial charge in [0.2, 0.25) is 5.71 Å². The quantitative estimate of drug-likeness (QED) is 0.613. The van der Waals surface area contributed by atoms with Crippen molar-refractivity contribution in [3.8, 4) is 12.1 Å². The summed E-state index contributed by atoms with van der Waals surface area (Å²) >= 11 is 0. The summed E-state index contributed by atoms with van der Waals surface area (Å²) in [6, 6.07) is 8.31. The van der Waals surface area contributed by atoms with Crippen molar-refractivity contribution in [3.63, 3.8) is 0 Å². The van der Waals surface area contributed by atoms with Gasteiger partial charge in [0.25, 0.3) is 0 Å². The maximum atomic E-state index is 10.6. The Morgan fingerprint density at radius 3 is 2.67 bits per heavy atom. The molecule has 6 nitrogen and oxygen atoms in total. The SMILES string of the molecule is Cc1ccc(CC(=O)O)cc1NN=C(C#N)C#N. The van der Waals surface area contributed by atoms with Crippen LogP contribution in [0.25, 0.3) is 0 Å². The van der Waals surface area contributed by atoms with E-state index in [9.17, 15) is 4.79 Å². The molecule has 0 fully saturated rings. The van der Waals surface area contributed by atoms with Gasteiger partial charge in [-0.1, -0.05) is 12.1 Å². The first kappa shape index (κ1) is 13.2. The number of carboxylic acids is 1. The zero-order valence-corrected chi connectivity index (χ0v) is 9.64. The van der Waals surface area contributed by atoms with Crippen molar-refractivity contribution in [3.05, 3.63) is 29.3 Å². The predicted octanol–water partition coefficient (Wildman–Crippen LogP) is 1.44. The number of hydrazone groups is 1. The van der Waals surface area contributed by atoms with Crippen molar-refractivity contribution in [1.29, 1.82) is 10.5 Å². The molecule has 0 amide bonds. The number of nitrogens with zero attached hydrogens (tertiary/aromatic N) is 3. The monoisotopic (exact) mass is 242 g/mol. The summed E-state index contributed by atoms with van der Waals surface area (Å²) in [5, 5.41) is 29.3. The molecule has 0 saturated carbocycles. The van der Waals surface area contributed by atoms with Crippen LogP contribution in [0.1, 0.15) is 11.1 Å². The summed E-state index contributed by atoms with van der Waals surface area (Å²) in [6.45, 7) is 1.81. The van der Waals surface area contributed by atoms with Gasteiger partial charge in [-0.05, 0) is 24.1 Å². The van der Waals surface area contributed by atoms with Gasteiger partial charge in [-0.3, -0.25) is 10.2 Å². The highest BCUT2D eigenvalue weighted by Gasteiger charge is 2.04. The van der Waals surface area contributed by atoms with E-state index < -0.39 is 5.97 Å². The first-order valence-electron chi connectivity index (χ1n) is 5.02. The molecule has 90 valence electrons. The summed E-state index contributed by atoms with van der Waals surface area (Å²) in [7, 11) is 0. The molecular weight excluding hydrogens is 232 g/mol. The highest BCUT2D eigenvalue weighted by molar-refractivity contribution is 6.10. The number of carboxylic acid groups (broad SMARTS) is 1. The molecule has 1 rings (SSSR count). The third kappa shape index (κ3) is 3.62. The molecule has 1 aromatic carbocycles. The van der Waals surface area contributed by atoms with Gasteiger partial charge in [-0.2, -0.15) is 15.6 Å². The molecule has 0 heterocycles. The Bertz CT molecular complexity index is 563. The molecule has 6 heteroatoms. The summed E-state index contributed by atoms with van der Waals surface area (Å²) in [4.78, 5) is 10.6. The lowest BCUT2D eigenvalue weighted by atomic mass is 10.1. The van der Waals surface area contributed by atoms with Gasteiger partial charge in [-0.15, -0.1) is 0 Å². The van der Waals surface area contributed by atoms with E-state index in [2.05, 4.69) is 10.5 Å². The Kier molecular flexibility index (Phi) is 4.42. The lowest BCUT2D eigenvalue weighted by Gasteiger charge is -2.06. The van der Waals surface area contributed by atoms with Crippen molar-refractivity contribution in [2.75, 3.05) is 5.43 Å². The Balaban J connectivity index is 2.96. The average Bonchev–Trinajstić information content (AvgIpc) is 2.33. The van der Waals surface area contributed by atoms with Gasteiger partial charge in [0.15, 0.2) is 0 Å². The molecule has 0 spiro atoms. The molecule has 0 bridgehead atoms. The number of hydrogen-bond acceptors (Lipinski definition) is 5. The van der Waals surface area contributed by atoms with Crippen LogP contribution in [0.2, 0.25) is 0 Å². The minimum absolute atomic E-state index is 0.0952. The van der Waals surface area contributed by atoms with E-state index in [1.807, 2.05) is 0 Å². The van der Waals surface area contributed by atoms with Crippen LogP contribution in [0, 0.1) is 29.6 Å². The third-order valence-electron chi connectivity index (χ3n) is 2.16. The second-order valence-corrected chi connectivity index (χ2v) is 3.52. The van der Waals surface area contributed by atoms with Crippen molar-refractivity contribution in [2.24, 2.45) is 5.10 Å². The second kappa shape index (κ2) is 6.02. The number of benzene rings is 1. The third-order valence-corrected chi connectivity index (χ3v) is 2.16. The summed E-state index contributed by atoms with van der Waals surface area (Å²) in [5.41, 5.74) is 4.30. The van der Waals surface area contributed by atoms with Gasteiger partial charge in [0.05, 0.1) is 12.1 Å². The van der Waals surface area contributed by atoms with E-state index in [0.717, 1.165) is 5.56 Å². The van der Waals surface area contributed by atoms with Crippen molar-refractivity contribution < 1.29 is 9.90 Å². The molecule has 0 aliphatic rings. The van der Waals surface area contributed by atoms with Crippen LogP contribution in [0.3, 0.4) is 0 Å². The Labute approximate surface area is 104 Å². The zero-order valence-electron chi connectivity index (χ0n) is 9.64. The molecule has 0 saturated heterocycles.